The van der Waals surface area contributed by atoms with Crippen LogP contribution >= 0.6 is 15.9 Å². The largest absolute Gasteiger partial charge is 0.477 e. The molecule has 0 amide bonds. The van der Waals surface area contributed by atoms with Crippen LogP contribution < -0.4 is 15.2 Å². The molecule has 90 valence electrons. The molecule has 0 aliphatic carbocycles. The minimum Gasteiger partial charge on any atom is -0.477 e. The number of anilines is 1. The summed E-state index contributed by atoms with van der Waals surface area (Å²) in [5.74, 6) is 0.670. The average Bonchev–Trinajstić information content (AvgIpc) is 2.34. The predicted octanol–water partition coefficient (Wildman–Crippen LogP) is 2.30. The van der Waals surface area contributed by atoms with Crippen molar-refractivity contribution in [2.24, 2.45) is 0 Å². The molecule has 0 spiro atoms. The molecule has 0 radical (unpaired) electrons. The Balaban J connectivity index is 2.83. The van der Waals surface area contributed by atoms with Gasteiger partial charge >= 0.3 is 0 Å². The van der Waals surface area contributed by atoms with E-state index in [9.17, 15) is 0 Å². The average molecular weight is 298 g/mol. The molecule has 0 saturated heterocycles. The number of nitrogens with zero attached hydrogens (tertiary/aromatic N) is 2. The zero-order valence-corrected chi connectivity index (χ0v) is 11.3. The van der Waals surface area contributed by atoms with Gasteiger partial charge in [0.05, 0.1) is 25.4 Å². The topological polar surface area (TPSA) is 70.3 Å². The lowest BCUT2D eigenvalue weighted by Crippen LogP contribution is -2.01. The summed E-state index contributed by atoms with van der Waals surface area (Å²) in [6, 6.07) is 1.86. The number of halogens is 1. The van der Waals surface area contributed by atoms with E-state index in [1.54, 1.807) is 0 Å². The van der Waals surface area contributed by atoms with Crippen LogP contribution in [0.15, 0.2) is 10.5 Å². The van der Waals surface area contributed by atoms with Crippen LogP contribution in [0, 0.1) is 6.92 Å². The first kappa shape index (κ1) is 11.9. The molecular weight excluding hydrogens is 286 g/mol. The third-order valence-electron chi connectivity index (χ3n) is 2.53. The second kappa shape index (κ2) is 4.37. The summed E-state index contributed by atoms with van der Waals surface area (Å²) in [4.78, 5) is 8.62. The minimum absolute atomic E-state index is 0.327. The van der Waals surface area contributed by atoms with Crippen molar-refractivity contribution in [1.29, 1.82) is 0 Å². The van der Waals surface area contributed by atoms with Crippen molar-refractivity contribution in [2.45, 2.75) is 6.92 Å². The van der Waals surface area contributed by atoms with Gasteiger partial charge in [-0.2, -0.15) is 0 Å². The van der Waals surface area contributed by atoms with Crippen LogP contribution in [0.25, 0.3) is 11.0 Å². The Kier molecular flexibility index (Phi) is 3.06. The molecule has 1 heterocycles. The van der Waals surface area contributed by atoms with E-state index in [0.717, 1.165) is 10.0 Å². The third-order valence-corrected chi connectivity index (χ3v) is 3.35. The number of nitrogen functional groups attached to an aromatic ring is 1. The second-order valence-electron chi connectivity index (χ2n) is 3.51. The molecule has 5 nitrogen and oxygen atoms in total. The van der Waals surface area contributed by atoms with Crippen LogP contribution in [0.2, 0.25) is 0 Å². The zero-order chi connectivity index (χ0) is 12.6. The summed E-state index contributed by atoms with van der Waals surface area (Å²) in [5.41, 5.74) is 8.80. The molecule has 0 bridgehead atoms. The van der Waals surface area contributed by atoms with Crippen LogP contribution in [0.4, 0.5) is 5.69 Å². The van der Waals surface area contributed by atoms with Crippen molar-refractivity contribution in [3.05, 3.63) is 16.1 Å². The fraction of sp³-hybridized carbons (Fsp3) is 0.273. The van der Waals surface area contributed by atoms with Crippen LogP contribution in [0.1, 0.15) is 5.56 Å². The fourth-order valence-corrected chi connectivity index (χ4v) is 1.95. The molecule has 6 heteroatoms. The molecule has 1 aromatic heterocycles. The Labute approximate surface area is 107 Å². The highest BCUT2D eigenvalue weighted by molar-refractivity contribution is 9.10. The molecule has 0 saturated carbocycles. The normalized spacial score (nSPS) is 10.6. The van der Waals surface area contributed by atoms with E-state index >= 15 is 0 Å². The molecule has 17 heavy (non-hydrogen) atoms. The molecule has 0 aliphatic rings. The molecular formula is C11H12BrN3O2. The first-order valence-corrected chi connectivity index (χ1v) is 5.72. The molecule has 2 N–H and O–H groups in total. The maximum atomic E-state index is 6.01. The van der Waals surface area contributed by atoms with Gasteiger partial charge < -0.3 is 15.2 Å². The van der Waals surface area contributed by atoms with Gasteiger partial charge in [0.15, 0.2) is 0 Å². The van der Waals surface area contributed by atoms with Crippen molar-refractivity contribution >= 4 is 32.7 Å². The predicted molar refractivity (Wildman–Crippen MR) is 69.5 cm³/mol. The van der Waals surface area contributed by atoms with Crippen molar-refractivity contribution in [1.82, 2.24) is 9.97 Å². The molecule has 1 aromatic carbocycles. The van der Waals surface area contributed by atoms with Gasteiger partial charge in [-0.05, 0) is 18.6 Å². The number of hydrogen-bond acceptors (Lipinski definition) is 5. The SMILES string of the molecule is COc1nc2cc(Br)c(C)c(N)c2nc1OC. The first-order chi connectivity index (χ1) is 8.08. The number of nitrogens with two attached hydrogens (primary N) is 1. The molecule has 0 unspecified atom stereocenters. The van der Waals surface area contributed by atoms with E-state index < -0.39 is 0 Å². The summed E-state index contributed by atoms with van der Waals surface area (Å²) in [6.45, 7) is 1.91. The van der Waals surface area contributed by atoms with E-state index in [0.29, 0.717) is 28.5 Å². The van der Waals surface area contributed by atoms with E-state index in [4.69, 9.17) is 15.2 Å². The van der Waals surface area contributed by atoms with Gasteiger partial charge in [-0.25, -0.2) is 9.97 Å². The summed E-state index contributed by atoms with van der Waals surface area (Å²) < 4.78 is 11.1. The van der Waals surface area contributed by atoms with Crippen molar-refractivity contribution in [3.63, 3.8) is 0 Å². The number of methoxy groups -OCH3 is 2. The Bertz CT molecular complexity index is 587. The van der Waals surface area contributed by atoms with Gasteiger partial charge in [-0.15, -0.1) is 0 Å². The molecule has 2 rings (SSSR count). The van der Waals surface area contributed by atoms with E-state index in [1.807, 2.05) is 13.0 Å². The molecule has 0 fully saturated rings. The molecule has 0 aliphatic heterocycles. The Morgan fingerprint density at radius 2 is 1.76 bits per heavy atom. The van der Waals surface area contributed by atoms with E-state index in [-0.39, 0.29) is 0 Å². The van der Waals surface area contributed by atoms with Crippen LogP contribution in [-0.4, -0.2) is 24.2 Å². The second-order valence-corrected chi connectivity index (χ2v) is 4.36. The number of rotatable bonds is 2. The van der Waals surface area contributed by atoms with Crippen LogP contribution in [0.3, 0.4) is 0 Å². The smallest absolute Gasteiger partial charge is 0.278 e. The molecule has 0 atom stereocenters. The van der Waals surface area contributed by atoms with Gasteiger partial charge in [-0.3, -0.25) is 0 Å². The number of fused-ring (bicyclic) bond motifs is 1. The lowest BCUT2D eigenvalue weighted by molar-refractivity contribution is 0.334. The van der Waals surface area contributed by atoms with Crippen molar-refractivity contribution in [3.8, 4) is 11.8 Å². The van der Waals surface area contributed by atoms with E-state index in [1.165, 1.54) is 14.2 Å². The number of benzene rings is 1. The molecule has 2 aromatic rings. The summed E-state index contributed by atoms with van der Waals surface area (Å²) in [7, 11) is 3.03. The van der Waals surface area contributed by atoms with Gasteiger partial charge in [0.2, 0.25) is 0 Å². The number of hydrogen-bond donors (Lipinski definition) is 1. The Morgan fingerprint density at radius 1 is 1.18 bits per heavy atom. The quantitative estimate of drug-likeness (QED) is 0.861. The number of aromatic nitrogens is 2. The number of ether oxygens (including phenoxy) is 2. The minimum atomic E-state index is 0.327. The van der Waals surface area contributed by atoms with Crippen LogP contribution in [-0.2, 0) is 0 Å². The zero-order valence-electron chi connectivity index (χ0n) is 9.74. The van der Waals surface area contributed by atoms with E-state index in [2.05, 4.69) is 25.9 Å². The van der Waals surface area contributed by atoms with Gasteiger partial charge in [0.25, 0.3) is 11.8 Å². The highest BCUT2D eigenvalue weighted by Gasteiger charge is 2.14. The Morgan fingerprint density at radius 3 is 2.35 bits per heavy atom. The van der Waals surface area contributed by atoms with Crippen LogP contribution in [0.5, 0.6) is 11.8 Å². The lowest BCUT2D eigenvalue weighted by atomic mass is 10.1. The van der Waals surface area contributed by atoms with Gasteiger partial charge in [-0.1, -0.05) is 15.9 Å². The highest BCUT2D eigenvalue weighted by Crippen LogP contribution is 2.33. The summed E-state index contributed by atoms with van der Waals surface area (Å²) >= 11 is 3.43. The summed E-state index contributed by atoms with van der Waals surface area (Å²) in [6.07, 6.45) is 0. The summed E-state index contributed by atoms with van der Waals surface area (Å²) in [5, 5.41) is 0. The fourth-order valence-electron chi connectivity index (χ4n) is 1.52. The standard InChI is InChI=1S/C11H12BrN3O2/c1-5-6(12)4-7-9(8(5)13)15-11(17-3)10(14-7)16-2/h4H,13H2,1-3H3. The Hall–Kier alpha value is -1.56. The maximum absolute atomic E-state index is 6.01. The van der Waals surface area contributed by atoms with Gasteiger partial charge in [0.1, 0.15) is 5.52 Å². The maximum Gasteiger partial charge on any atom is 0.278 e. The lowest BCUT2D eigenvalue weighted by Gasteiger charge is -2.10. The first-order valence-electron chi connectivity index (χ1n) is 4.92. The van der Waals surface area contributed by atoms with Crippen molar-refractivity contribution < 1.29 is 9.47 Å². The highest BCUT2D eigenvalue weighted by atomic mass is 79.9. The third kappa shape index (κ3) is 1.88. The monoisotopic (exact) mass is 297 g/mol. The van der Waals surface area contributed by atoms with Gasteiger partial charge in [0, 0.05) is 4.47 Å². The van der Waals surface area contributed by atoms with Crippen molar-refractivity contribution in [2.75, 3.05) is 20.0 Å².